The van der Waals surface area contributed by atoms with E-state index < -0.39 is 0 Å². The van der Waals surface area contributed by atoms with Crippen LogP contribution in [0.5, 0.6) is 0 Å². The first-order valence-corrected chi connectivity index (χ1v) is 8.06. The van der Waals surface area contributed by atoms with Gasteiger partial charge in [0.1, 0.15) is 0 Å². The molecule has 3 rings (SSSR count). The summed E-state index contributed by atoms with van der Waals surface area (Å²) >= 11 is 0. The normalized spacial score (nSPS) is 10.8. The summed E-state index contributed by atoms with van der Waals surface area (Å²) in [6.45, 7) is 1.81. The first kappa shape index (κ1) is 16.9. The second-order valence-corrected chi connectivity index (χ2v) is 5.87. The maximum atomic E-state index is 12.1. The second kappa shape index (κ2) is 8.21. The minimum Gasteiger partial charge on any atom is -0.359 e. The van der Waals surface area contributed by atoms with Gasteiger partial charge in [0.15, 0.2) is 11.5 Å². The lowest BCUT2D eigenvalue weighted by atomic mass is 10.2. The fourth-order valence-electron chi connectivity index (χ4n) is 2.49. The quantitative estimate of drug-likeness (QED) is 0.718. The number of carbonyl (C=O) groups excluding carboxylic acids is 1. The molecule has 0 saturated heterocycles. The van der Waals surface area contributed by atoms with E-state index in [4.69, 9.17) is 4.52 Å². The third-order valence-electron chi connectivity index (χ3n) is 3.72. The van der Waals surface area contributed by atoms with Crippen LogP contribution in [0.15, 0.2) is 65.4 Å². The molecule has 1 aromatic carbocycles. The van der Waals surface area contributed by atoms with Gasteiger partial charge in [-0.05, 0) is 30.3 Å². The largest absolute Gasteiger partial charge is 0.359 e. The van der Waals surface area contributed by atoms with Crippen LogP contribution in [-0.2, 0) is 19.6 Å². The van der Waals surface area contributed by atoms with E-state index in [0.29, 0.717) is 18.8 Å². The zero-order valence-corrected chi connectivity index (χ0v) is 14.1. The summed E-state index contributed by atoms with van der Waals surface area (Å²) in [4.78, 5) is 18.2. The molecule has 25 heavy (non-hydrogen) atoms. The van der Waals surface area contributed by atoms with Crippen molar-refractivity contribution >= 4 is 5.91 Å². The Hall–Kier alpha value is -2.99. The van der Waals surface area contributed by atoms with Crippen LogP contribution in [0, 0.1) is 0 Å². The van der Waals surface area contributed by atoms with Crippen molar-refractivity contribution in [1.29, 1.82) is 0 Å². The molecule has 0 bridgehead atoms. The summed E-state index contributed by atoms with van der Waals surface area (Å²) in [7, 11) is 2.00. The van der Waals surface area contributed by atoms with Gasteiger partial charge in [0.05, 0.1) is 6.54 Å². The van der Waals surface area contributed by atoms with Crippen LogP contribution >= 0.6 is 0 Å². The molecule has 0 fully saturated rings. The van der Waals surface area contributed by atoms with E-state index in [-0.39, 0.29) is 11.6 Å². The molecule has 128 valence electrons. The molecule has 2 aromatic heterocycles. The van der Waals surface area contributed by atoms with E-state index in [2.05, 4.69) is 32.5 Å². The number of amides is 1. The van der Waals surface area contributed by atoms with Crippen molar-refractivity contribution in [3.8, 4) is 0 Å². The van der Waals surface area contributed by atoms with Crippen molar-refractivity contribution in [2.24, 2.45) is 0 Å². The Morgan fingerprint density at radius 3 is 2.60 bits per heavy atom. The summed E-state index contributed by atoms with van der Waals surface area (Å²) in [6, 6.07) is 15.6. The Morgan fingerprint density at radius 1 is 1.08 bits per heavy atom. The predicted molar refractivity (Wildman–Crippen MR) is 93.5 cm³/mol. The zero-order valence-electron chi connectivity index (χ0n) is 14.1. The van der Waals surface area contributed by atoms with Gasteiger partial charge in [-0.15, -0.1) is 0 Å². The number of rotatable bonds is 7. The Labute approximate surface area is 146 Å². The Kier molecular flexibility index (Phi) is 5.53. The van der Waals surface area contributed by atoms with Crippen LogP contribution in [0.25, 0.3) is 0 Å². The molecule has 0 spiro atoms. The van der Waals surface area contributed by atoms with Crippen LogP contribution in [0.2, 0.25) is 0 Å². The van der Waals surface area contributed by atoms with Crippen LogP contribution in [0.3, 0.4) is 0 Å². The van der Waals surface area contributed by atoms with Crippen molar-refractivity contribution < 1.29 is 9.32 Å². The molecule has 0 atom stereocenters. The summed E-state index contributed by atoms with van der Waals surface area (Å²) < 4.78 is 5.28. The van der Waals surface area contributed by atoms with Gasteiger partial charge in [0.25, 0.3) is 5.91 Å². The van der Waals surface area contributed by atoms with Crippen molar-refractivity contribution in [1.82, 2.24) is 20.4 Å². The summed E-state index contributed by atoms with van der Waals surface area (Å²) in [5, 5.41) is 6.68. The van der Waals surface area contributed by atoms with Crippen LogP contribution in [-0.4, -0.2) is 28.0 Å². The molecule has 0 aliphatic carbocycles. The highest BCUT2D eigenvalue weighted by atomic mass is 16.5. The molecule has 6 heteroatoms. The maximum absolute atomic E-state index is 12.1. The molecular formula is C19H20N4O2. The lowest BCUT2D eigenvalue weighted by molar-refractivity contribution is 0.0941. The standard InChI is InChI=1S/C19H20N4O2/c1-23(13-16-5-3-2-4-6-16)14-17-11-18(22-25-17)19(24)21-12-15-7-9-20-10-8-15/h2-11H,12-14H2,1H3,(H,21,24). The van der Waals surface area contributed by atoms with Gasteiger partial charge in [-0.1, -0.05) is 35.5 Å². The van der Waals surface area contributed by atoms with Gasteiger partial charge in [-0.2, -0.15) is 0 Å². The minimum absolute atomic E-state index is 0.252. The average Bonchev–Trinajstić information content (AvgIpc) is 3.10. The molecule has 1 N–H and O–H groups in total. The number of nitrogens with zero attached hydrogens (tertiary/aromatic N) is 3. The first-order chi connectivity index (χ1) is 12.2. The second-order valence-electron chi connectivity index (χ2n) is 5.87. The lowest BCUT2D eigenvalue weighted by Gasteiger charge is -2.14. The molecule has 6 nitrogen and oxygen atoms in total. The van der Waals surface area contributed by atoms with Gasteiger partial charge < -0.3 is 9.84 Å². The molecule has 3 aromatic rings. The monoisotopic (exact) mass is 336 g/mol. The molecule has 0 aliphatic heterocycles. The van der Waals surface area contributed by atoms with Crippen LogP contribution < -0.4 is 5.32 Å². The lowest BCUT2D eigenvalue weighted by Crippen LogP contribution is -2.23. The third kappa shape index (κ3) is 4.99. The van der Waals surface area contributed by atoms with Crippen molar-refractivity contribution in [2.45, 2.75) is 19.6 Å². The molecule has 1 amide bonds. The molecule has 0 radical (unpaired) electrons. The number of pyridine rings is 1. The smallest absolute Gasteiger partial charge is 0.273 e. The fraction of sp³-hybridized carbons (Fsp3) is 0.211. The predicted octanol–water partition coefficient (Wildman–Crippen LogP) is 2.63. The van der Waals surface area contributed by atoms with Gasteiger partial charge in [-0.25, -0.2) is 0 Å². The fourth-order valence-corrected chi connectivity index (χ4v) is 2.49. The highest BCUT2D eigenvalue weighted by Gasteiger charge is 2.13. The Balaban J connectivity index is 1.52. The highest BCUT2D eigenvalue weighted by molar-refractivity contribution is 5.92. The Morgan fingerprint density at radius 2 is 1.84 bits per heavy atom. The molecule has 0 aliphatic rings. The molecule has 2 heterocycles. The van der Waals surface area contributed by atoms with E-state index in [1.165, 1.54) is 5.56 Å². The SMILES string of the molecule is CN(Cc1ccccc1)Cc1cc(C(=O)NCc2ccncc2)no1. The summed E-state index contributed by atoms with van der Waals surface area (Å²) in [5.41, 5.74) is 2.49. The third-order valence-corrected chi connectivity index (χ3v) is 3.72. The van der Waals surface area contributed by atoms with Gasteiger partial charge >= 0.3 is 0 Å². The van der Waals surface area contributed by atoms with Crippen molar-refractivity contribution in [3.05, 3.63) is 83.5 Å². The zero-order chi connectivity index (χ0) is 17.5. The minimum atomic E-state index is -0.252. The number of benzene rings is 1. The molecule has 0 saturated carbocycles. The van der Waals surface area contributed by atoms with Crippen LogP contribution in [0.1, 0.15) is 27.4 Å². The van der Waals surface area contributed by atoms with E-state index in [0.717, 1.165) is 12.1 Å². The van der Waals surface area contributed by atoms with Crippen LogP contribution in [0.4, 0.5) is 0 Å². The summed E-state index contributed by atoms with van der Waals surface area (Å²) in [5.74, 6) is 0.407. The number of hydrogen-bond acceptors (Lipinski definition) is 5. The Bertz CT molecular complexity index is 803. The summed E-state index contributed by atoms with van der Waals surface area (Å²) in [6.07, 6.45) is 3.39. The number of nitrogens with one attached hydrogen (secondary N) is 1. The van der Waals surface area contributed by atoms with Gasteiger partial charge in [-0.3, -0.25) is 14.7 Å². The number of aromatic nitrogens is 2. The highest BCUT2D eigenvalue weighted by Crippen LogP contribution is 2.10. The molecular weight excluding hydrogens is 316 g/mol. The van der Waals surface area contributed by atoms with Crippen molar-refractivity contribution in [3.63, 3.8) is 0 Å². The number of carbonyl (C=O) groups is 1. The van der Waals surface area contributed by atoms with Gasteiger partial charge in [0.2, 0.25) is 0 Å². The topological polar surface area (TPSA) is 71.3 Å². The van der Waals surface area contributed by atoms with E-state index in [1.54, 1.807) is 18.5 Å². The average molecular weight is 336 g/mol. The van der Waals surface area contributed by atoms with E-state index in [9.17, 15) is 4.79 Å². The first-order valence-electron chi connectivity index (χ1n) is 8.06. The maximum Gasteiger partial charge on any atom is 0.273 e. The van der Waals surface area contributed by atoms with Gasteiger partial charge in [0, 0.05) is 31.5 Å². The van der Waals surface area contributed by atoms with E-state index in [1.807, 2.05) is 37.4 Å². The van der Waals surface area contributed by atoms with Crippen molar-refractivity contribution in [2.75, 3.05) is 7.05 Å². The molecule has 0 unspecified atom stereocenters. The van der Waals surface area contributed by atoms with E-state index >= 15 is 0 Å². The number of hydrogen-bond donors (Lipinski definition) is 1.